The van der Waals surface area contributed by atoms with Crippen LogP contribution < -0.4 is 5.73 Å². The molecule has 100 valence electrons. The topological polar surface area (TPSA) is 26.0 Å². The molecule has 0 bridgehead atoms. The van der Waals surface area contributed by atoms with Crippen LogP contribution in [0.15, 0.2) is 24.3 Å². The van der Waals surface area contributed by atoms with Crippen molar-refractivity contribution in [1.29, 1.82) is 0 Å². The van der Waals surface area contributed by atoms with Crippen molar-refractivity contribution in [1.82, 2.24) is 0 Å². The molecule has 0 saturated heterocycles. The lowest BCUT2D eigenvalue weighted by atomic mass is 9.97. The van der Waals surface area contributed by atoms with Gasteiger partial charge in [-0.1, -0.05) is 29.3 Å². The van der Waals surface area contributed by atoms with E-state index in [4.69, 9.17) is 5.73 Å². The van der Waals surface area contributed by atoms with Gasteiger partial charge in [-0.15, -0.1) is 11.3 Å². The average molecular weight is 271 g/mol. The fourth-order valence-electron chi connectivity index (χ4n) is 3.02. The van der Waals surface area contributed by atoms with Gasteiger partial charge in [-0.2, -0.15) is 0 Å². The maximum atomic E-state index is 6.48. The molecular weight excluding hydrogens is 250 g/mol. The van der Waals surface area contributed by atoms with Gasteiger partial charge < -0.3 is 5.73 Å². The predicted octanol–water partition coefficient (Wildman–Crippen LogP) is 4.29. The van der Waals surface area contributed by atoms with Gasteiger partial charge in [-0.25, -0.2) is 0 Å². The molecular formula is C17H21NS. The van der Waals surface area contributed by atoms with Crippen molar-refractivity contribution in [3.8, 4) is 0 Å². The van der Waals surface area contributed by atoms with Gasteiger partial charge in [-0.05, 0) is 56.7 Å². The molecule has 2 heteroatoms. The molecule has 1 aromatic carbocycles. The predicted molar refractivity (Wildman–Crippen MR) is 82.9 cm³/mol. The lowest BCUT2D eigenvalue weighted by Gasteiger charge is -2.12. The van der Waals surface area contributed by atoms with Gasteiger partial charge in [0.2, 0.25) is 0 Å². The number of thiophene rings is 1. The molecule has 19 heavy (non-hydrogen) atoms. The first kappa shape index (κ1) is 12.9. The molecule has 1 aliphatic rings. The maximum absolute atomic E-state index is 6.48. The second-order valence-electron chi connectivity index (χ2n) is 5.70. The summed E-state index contributed by atoms with van der Waals surface area (Å²) in [6.07, 6.45) is 5.17. The lowest BCUT2D eigenvalue weighted by molar-refractivity contribution is 0.696. The minimum Gasteiger partial charge on any atom is -0.320 e. The standard InChI is InChI=1S/C17H21NS/c1-11-7-12(2)9-14(8-11)17(18)16-10-13-5-3-4-6-15(13)19-16/h7-10,17H,3-6,18H2,1-2H3. The Labute approximate surface area is 119 Å². The van der Waals surface area contributed by atoms with Gasteiger partial charge >= 0.3 is 0 Å². The van der Waals surface area contributed by atoms with Crippen molar-refractivity contribution in [2.45, 2.75) is 45.6 Å². The largest absolute Gasteiger partial charge is 0.320 e. The lowest BCUT2D eigenvalue weighted by Crippen LogP contribution is -2.10. The third-order valence-corrected chi connectivity index (χ3v) is 5.25. The van der Waals surface area contributed by atoms with Gasteiger partial charge in [0.25, 0.3) is 0 Å². The van der Waals surface area contributed by atoms with E-state index in [2.05, 4.69) is 38.1 Å². The first-order valence-electron chi connectivity index (χ1n) is 7.09. The van der Waals surface area contributed by atoms with Crippen LogP contribution in [0.2, 0.25) is 0 Å². The highest BCUT2D eigenvalue weighted by Gasteiger charge is 2.18. The normalized spacial score (nSPS) is 16.2. The molecule has 2 aromatic rings. The Kier molecular flexibility index (Phi) is 3.46. The SMILES string of the molecule is Cc1cc(C)cc(C(N)c2cc3c(s2)CCCC3)c1. The Morgan fingerprint density at radius 2 is 1.68 bits per heavy atom. The van der Waals surface area contributed by atoms with Crippen LogP contribution in [-0.2, 0) is 12.8 Å². The third-order valence-electron chi connectivity index (χ3n) is 3.93. The van der Waals surface area contributed by atoms with E-state index in [-0.39, 0.29) is 6.04 Å². The van der Waals surface area contributed by atoms with E-state index in [1.807, 2.05) is 11.3 Å². The molecule has 1 nitrogen and oxygen atoms in total. The van der Waals surface area contributed by atoms with Crippen LogP contribution in [0.1, 0.15) is 50.9 Å². The molecule has 1 heterocycles. The number of hydrogen-bond acceptors (Lipinski definition) is 2. The van der Waals surface area contributed by atoms with Crippen LogP contribution in [0.3, 0.4) is 0 Å². The van der Waals surface area contributed by atoms with Gasteiger partial charge in [0, 0.05) is 9.75 Å². The fourth-order valence-corrected chi connectivity index (χ4v) is 4.31. The Morgan fingerprint density at radius 1 is 1.00 bits per heavy atom. The summed E-state index contributed by atoms with van der Waals surface area (Å²) in [6.45, 7) is 4.28. The van der Waals surface area contributed by atoms with Crippen LogP contribution >= 0.6 is 11.3 Å². The molecule has 0 saturated carbocycles. The highest BCUT2D eigenvalue weighted by Crippen LogP contribution is 2.34. The van der Waals surface area contributed by atoms with Crippen molar-refractivity contribution >= 4 is 11.3 Å². The quantitative estimate of drug-likeness (QED) is 0.866. The molecule has 0 spiro atoms. The molecule has 1 aliphatic carbocycles. The van der Waals surface area contributed by atoms with E-state index >= 15 is 0 Å². The van der Waals surface area contributed by atoms with Crippen LogP contribution in [0, 0.1) is 13.8 Å². The smallest absolute Gasteiger partial charge is 0.0646 e. The molecule has 0 aliphatic heterocycles. The molecule has 1 atom stereocenters. The Bertz CT molecular complexity index is 554. The summed E-state index contributed by atoms with van der Waals surface area (Å²) in [5, 5.41) is 0. The number of hydrogen-bond donors (Lipinski definition) is 1. The minimum absolute atomic E-state index is 0.0363. The van der Waals surface area contributed by atoms with Crippen molar-refractivity contribution in [2.75, 3.05) is 0 Å². The summed E-state index contributed by atoms with van der Waals surface area (Å²) in [4.78, 5) is 2.90. The Hall–Kier alpha value is -1.12. The zero-order valence-corrected chi connectivity index (χ0v) is 12.5. The first-order chi connectivity index (χ1) is 9.13. The Balaban J connectivity index is 1.94. The van der Waals surface area contributed by atoms with Crippen LogP contribution in [0.5, 0.6) is 0 Å². The molecule has 0 amide bonds. The second kappa shape index (κ2) is 5.10. The van der Waals surface area contributed by atoms with E-state index in [1.54, 1.807) is 10.4 Å². The highest BCUT2D eigenvalue weighted by molar-refractivity contribution is 7.12. The number of aryl methyl sites for hydroxylation is 4. The summed E-state index contributed by atoms with van der Waals surface area (Å²) >= 11 is 1.92. The highest BCUT2D eigenvalue weighted by atomic mass is 32.1. The van der Waals surface area contributed by atoms with Crippen LogP contribution in [0.4, 0.5) is 0 Å². The van der Waals surface area contributed by atoms with Gasteiger partial charge in [-0.3, -0.25) is 0 Å². The van der Waals surface area contributed by atoms with Gasteiger partial charge in [0.05, 0.1) is 6.04 Å². The summed E-state index contributed by atoms with van der Waals surface area (Å²) in [5.41, 5.74) is 11.9. The van der Waals surface area contributed by atoms with Gasteiger partial charge in [0.1, 0.15) is 0 Å². The molecule has 3 rings (SSSR count). The minimum atomic E-state index is 0.0363. The summed E-state index contributed by atoms with van der Waals surface area (Å²) in [6, 6.07) is 9.03. The average Bonchev–Trinajstić information content (AvgIpc) is 2.80. The molecule has 2 N–H and O–H groups in total. The van der Waals surface area contributed by atoms with Crippen molar-refractivity contribution in [3.05, 3.63) is 56.3 Å². The summed E-state index contributed by atoms with van der Waals surface area (Å²) in [5.74, 6) is 0. The van der Waals surface area contributed by atoms with E-state index < -0.39 is 0 Å². The maximum Gasteiger partial charge on any atom is 0.0646 e. The van der Waals surface area contributed by atoms with Crippen LogP contribution in [-0.4, -0.2) is 0 Å². The van der Waals surface area contributed by atoms with E-state index in [0.29, 0.717) is 0 Å². The molecule has 1 unspecified atom stereocenters. The zero-order chi connectivity index (χ0) is 13.4. The number of fused-ring (bicyclic) bond motifs is 1. The molecule has 1 aromatic heterocycles. The number of rotatable bonds is 2. The number of nitrogens with two attached hydrogens (primary N) is 1. The van der Waals surface area contributed by atoms with E-state index in [0.717, 1.165) is 0 Å². The van der Waals surface area contributed by atoms with E-state index in [9.17, 15) is 0 Å². The number of benzene rings is 1. The second-order valence-corrected chi connectivity index (χ2v) is 6.87. The summed E-state index contributed by atoms with van der Waals surface area (Å²) < 4.78 is 0. The van der Waals surface area contributed by atoms with Crippen molar-refractivity contribution in [2.24, 2.45) is 5.73 Å². The summed E-state index contributed by atoms with van der Waals surface area (Å²) in [7, 11) is 0. The molecule has 0 fully saturated rings. The molecule has 0 radical (unpaired) electrons. The monoisotopic (exact) mass is 271 g/mol. The first-order valence-corrected chi connectivity index (χ1v) is 7.90. The van der Waals surface area contributed by atoms with Gasteiger partial charge in [0.15, 0.2) is 0 Å². The third kappa shape index (κ3) is 2.60. The van der Waals surface area contributed by atoms with Crippen molar-refractivity contribution in [3.63, 3.8) is 0 Å². The Morgan fingerprint density at radius 3 is 2.37 bits per heavy atom. The van der Waals surface area contributed by atoms with Crippen LogP contribution in [0.25, 0.3) is 0 Å². The van der Waals surface area contributed by atoms with E-state index in [1.165, 1.54) is 47.3 Å². The van der Waals surface area contributed by atoms with Crippen molar-refractivity contribution < 1.29 is 0 Å². The fraction of sp³-hybridized carbons (Fsp3) is 0.412. The zero-order valence-electron chi connectivity index (χ0n) is 11.7.